The van der Waals surface area contributed by atoms with E-state index < -0.39 is 0 Å². The van der Waals surface area contributed by atoms with Gasteiger partial charge < -0.3 is 4.74 Å². The highest BCUT2D eigenvalue weighted by Gasteiger charge is 2.43. The van der Waals surface area contributed by atoms with Crippen LogP contribution in [-0.2, 0) is 4.74 Å². The van der Waals surface area contributed by atoms with Crippen LogP contribution in [0, 0.1) is 28.6 Å². The summed E-state index contributed by atoms with van der Waals surface area (Å²) >= 11 is 0. The monoisotopic (exact) mass is 193 g/mol. The van der Waals surface area contributed by atoms with Crippen molar-refractivity contribution >= 4 is 0 Å². The maximum atomic E-state index is 9.30. The quantitative estimate of drug-likeness (QED) is 0.641. The summed E-state index contributed by atoms with van der Waals surface area (Å²) in [7, 11) is 0. The van der Waals surface area contributed by atoms with Crippen molar-refractivity contribution in [3.05, 3.63) is 0 Å². The van der Waals surface area contributed by atoms with Gasteiger partial charge in [-0.2, -0.15) is 5.26 Å². The molecule has 2 rings (SSSR count). The first kappa shape index (κ1) is 9.98. The lowest BCUT2D eigenvalue weighted by atomic mass is 9.67. The first-order valence-electron chi connectivity index (χ1n) is 5.76. The molecule has 0 radical (unpaired) electrons. The zero-order valence-electron chi connectivity index (χ0n) is 8.96. The van der Waals surface area contributed by atoms with E-state index in [1.807, 2.05) is 0 Å². The van der Waals surface area contributed by atoms with Crippen LogP contribution in [0.3, 0.4) is 0 Å². The Morgan fingerprint density at radius 2 is 2.00 bits per heavy atom. The lowest BCUT2D eigenvalue weighted by Crippen LogP contribution is -2.32. The van der Waals surface area contributed by atoms with Crippen LogP contribution in [0.25, 0.3) is 0 Å². The van der Waals surface area contributed by atoms with E-state index in [0.717, 1.165) is 18.9 Å². The van der Waals surface area contributed by atoms with Gasteiger partial charge in [0.25, 0.3) is 0 Å². The van der Waals surface area contributed by atoms with Crippen molar-refractivity contribution in [3.63, 3.8) is 0 Å². The molecule has 1 aliphatic heterocycles. The molecule has 1 aliphatic carbocycles. The van der Waals surface area contributed by atoms with E-state index in [9.17, 15) is 5.26 Å². The second kappa shape index (κ2) is 3.90. The summed E-state index contributed by atoms with van der Waals surface area (Å²) in [5.74, 6) is 1.47. The summed E-state index contributed by atoms with van der Waals surface area (Å²) in [4.78, 5) is 0. The average molecular weight is 193 g/mol. The Kier molecular flexibility index (Phi) is 2.78. The molecule has 0 N–H and O–H groups in total. The van der Waals surface area contributed by atoms with Gasteiger partial charge in [-0.25, -0.2) is 0 Å². The molecule has 14 heavy (non-hydrogen) atoms. The van der Waals surface area contributed by atoms with Crippen LogP contribution in [0.1, 0.15) is 39.0 Å². The second-order valence-electron chi connectivity index (χ2n) is 5.03. The van der Waals surface area contributed by atoms with Crippen molar-refractivity contribution in [2.45, 2.75) is 39.0 Å². The summed E-state index contributed by atoms with van der Waals surface area (Å²) in [6.45, 7) is 3.79. The number of nitrogens with zero attached hydrogens (tertiary/aromatic N) is 1. The zero-order chi connectivity index (χ0) is 10.0. The summed E-state index contributed by atoms with van der Waals surface area (Å²) in [6.07, 6.45) is 6.03. The van der Waals surface area contributed by atoms with Gasteiger partial charge in [-0.1, -0.05) is 19.8 Å². The molecule has 0 aromatic rings. The topological polar surface area (TPSA) is 33.0 Å². The SMILES string of the molecule is CC1CCC(C2(C#N)CCOC2)CC1. The van der Waals surface area contributed by atoms with E-state index in [2.05, 4.69) is 13.0 Å². The molecule has 0 amide bonds. The average Bonchev–Trinajstić information content (AvgIpc) is 2.68. The third kappa shape index (κ3) is 1.66. The van der Waals surface area contributed by atoms with Gasteiger partial charge in [0, 0.05) is 6.61 Å². The van der Waals surface area contributed by atoms with Crippen LogP contribution in [0.5, 0.6) is 0 Å². The third-order valence-corrected chi connectivity index (χ3v) is 4.07. The Morgan fingerprint density at radius 1 is 1.29 bits per heavy atom. The van der Waals surface area contributed by atoms with Crippen LogP contribution < -0.4 is 0 Å². The van der Waals surface area contributed by atoms with E-state index in [1.165, 1.54) is 25.7 Å². The number of hydrogen-bond donors (Lipinski definition) is 0. The molecule has 78 valence electrons. The lowest BCUT2D eigenvalue weighted by Gasteiger charge is -2.35. The maximum Gasteiger partial charge on any atom is 0.0856 e. The molecule has 0 aromatic heterocycles. The fraction of sp³-hybridized carbons (Fsp3) is 0.917. The molecule has 2 fully saturated rings. The second-order valence-corrected chi connectivity index (χ2v) is 5.03. The minimum absolute atomic E-state index is 0.125. The molecule has 0 bridgehead atoms. The number of rotatable bonds is 1. The highest BCUT2D eigenvalue weighted by Crippen LogP contribution is 2.44. The van der Waals surface area contributed by atoms with E-state index >= 15 is 0 Å². The van der Waals surface area contributed by atoms with E-state index in [4.69, 9.17) is 4.74 Å². The fourth-order valence-electron chi connectivity index (χ4n) is 2.89. The van der Waals surface area contributed by atoms with Crippen molar-refractivity contribution in [2.24, 2.45) is 17.3 Å². The van der Waals surface area contributed by atoms with Crippen molar-refractivity contribution in [3.8, 4) is 6.07 Å². The lowest BCUT2D eigenvalue weighted by molar-refractivity contribution is 0.115. The van der Waals surface area contributed by atoms with E-state index in [1.54, 1.807) is 0 Å². The molecule has 1 saturated carbocycles. The molecule has 1 heterocycles. The molecule has 0 aromatic carbocycles. The van der Waals surface area contributed by atoms with Crippen LogP contribution in [0.4, 0.5) is 0 Å². The molecule has 2 heteroatoms. The molecular formula is C12H19NO. The summed E-state index contributed by atoms with van der Waals surface area (Å²) in [5, 5.41) is 9.30. The first-order chi connectivity index (χ1) is 6.77. The summed E-state index contributed by atoms with van der Waals surface area (Å²) in [5.41, 5.74) is -0.125. The standard InChI is InChI=1S/C12H19NO/c1-10-2-4-11(5-3-10)12(8-13)6-7-14-9-12/h10-11H,2-7,9H2,1H3. The Balaban J connectivity index is 2.02. The number of hydrogen-bond acceptors (Lipinski definition) is 2. The Hall–Kier alpha value is -0.550. The minimum Gasteiger partial charge on any atom is -0.380 e. The first-order valence-corrected chi connectivity index (χ1v) is 5.76. The normalized spacial score (nSPS) is 43.4. The number of nitriles is 1. The van der Waals surface area contributed by atoms with Gasteiger partial charge in [-0.05, 0) is 31.1 Å². The Bertz CT molecular complexity index is 229. The van der Waals surface area contributed by atoms with Gasteiger partial charge in [0.1, 0.15) is 0 Å². The van der Waals surface area contributed by atoms with Crippen molar-refractivity contribution in [2.75, 3.05) is 13.2 Å². The van der Waals surface area contributed by atoms with Crippen LogP contribution in [0.2, 0.25) is 0 Å². The van der Waals surface area contributed by atoms with E-state index in [0.29, 0.717) is 12.5 Å². The fourth-order valence-corrected chi connectivity index (χ4v) is 2.89. The van der Waals surface area contributed by atoms with Crippen LogP contribution in [0.15, 0.2) is 0 Å². The van der Waals surface area contributed by atoms with Gasteiger partial charge in [0.15, 0.2) is 0 Å². The molecule has 1 unspecified atom stereocenters. The van der Waals surface area contributed by atoms with Gasteiger partial charge in [-0.3, -0.25) is 0 Å². The summed E-state index contributed by atoms with van der Waals surface area (Å²) in [6, 6.07) is 2.54. The molecule has 2 nitrogen and oxygen atoms in total. The van der Waals surface area contributed by atoms with Gasteiger partial charge in [0.2, 0.25) is 0 Å². The minimum atomic E-state index is -0.125. The predicted molar refractivity (Wildman–Crippen MR) is 54.6 cm³/mol. The highest BCUT2D eigenvalue weighted by molar-refractivity contribution is 5.06. The predicted octanol–water partition coefficient (Wildman–Crippen LogP) is 2.74. The number of ether oxygens (including phenoxy) is 1. The Labute approximate surface area is 86.2 Å². The molecular weight excluding hydrogens is 174 g/mol. The van der Waals surface area contributed by atoms with Gasteiger partial charge in [-0.15, -0.1) is 0 Å². The van der Waals surface area contributed by atoms with Gasteiger partial charge >= 0.3 is 0 Å². The molecule has 1 atom stereocenters. The highest BCUT2D eigenvalue weighted by atomic mass is 16.5. The summed E-state index contributed by atoms with van der Waals surface area (Å²) < 4.78 is 5.41. The van der Waals surface area contributed by atoms with Crippen LogP contribution >= 0.6 is 0 Å². The van der Waals surface area contributed by atoms with Crippen molar-refractivity contribution in [1.29, 1.82) is 5.26 Å². The van der Waals surface area contributed by atoms with Crippen molar-refractivity contribution < 1.29 is 4.74 Å². The third-order valence-electron chi connectivity index (χ3n) is 4.07. The molecule has 1 saturated heterocycles. The van der Waals surface area contributed by atoms with Gasteiger partial charge in [0.05, 0.1) is 18.1 Å². The largest absolute Gasteiger partial charge is 0.380 e. The maximum absolute atomic E-state index is 9.30. The molecule has 2 aliphatic rings. The van der Waals surface area contributed by atoms with Crippen molar-refractivity contribution in [1.82, 2.24) is 0 Å². The van der Waals surface area contributed by atoms with Crippen LogP contribution in [-0.4, -0.2) is 13.2 Å². The van der Waals surface area contributed by atoms with E-state index in [-0.39, 0.29) is 5.41 Å². The molecule has 0 spiro atoms. The smallest absolute Gasteiger partial charge is 0.0856 e. The Morgan fingerprint density at radius 3 is 2.50 bits per heavy atom. The zero-order valence-corrected chi connectivity index (χ0v) is 8.96.